The SMILES string of the molecule is CCC(CC)(CC)C(N)C(=O)O. The minimum Gasteiger partial charge on any atom is -0.480 e. The number of carboxylic acid groups (broad SMARTS) is 1. The van der Waals surface area contributed by atoms with E-state index in [1.807, 2.05) is 20.8 Å². The van der Waals surface area contributed by atoms with Crippen molar-refractivity contribution in [2.45, 2.75) is 46.1 Å². The van der Waals surface area contributed by atoms with Crippen LogP contribution in [0.1, 0.15) is 40.0 Å². The highest BCUT2D eigenvalue weighted by Crippen LogP contribution is 2.33. The zero-order chi connectivity index (χ0) is 9.78. The van der Waals surface area contributed by atoms with Crippen LogP contribution in [-0.4, -0.2) is 17.1 Å². The smallest absolute Gasteiger partial charge is 0.321 e. The van der Waals surface area contributed by atoms with Crippen molar-refractivity contribution in [2.24, 2.45) is 11.1 Å². The van der Waals surface area contributed by atoms with Crippen LogP contribution in [0.5, 0.6) is 0 Å². The van der Waals surface area contributed by atoms with Crippen molar-refractivity contribution < 1.29 is 9.90 Å². The van der Waals surface area contributed by atoms with Crippen LogP contribution >= 0.6 is 0 Å². The summed E-state index contributed by atoms with van der Waals surface area (Å²) in [7, 11) is 0. The molecule has 0 fully saturated rings. The van der Waals surface area contributed by atoms with Crippen LogP contribution in [0, 0.1) is 5.41 Å². The minimum absolute atomic E-state index is 0.216. The Labute approximate surface area is 74.0 Å². The van der Waals surface area contributed by atoms with Gasteiger partial charge in [-0.2, -0.15) is 0 Å². The highest BCUT2D eigenvalue weighted by Gasteiger charge is 2.35. The van der Waals surface area contributed by atoms with Gasteiger partial charge in [-0.15, -0.1) is 0 Å². The molecule has 0 spiro atoms. The number of nitrogens with two attached hydrogens (primary N) is 1. The average Bonchev–Trinajstić information content (AvgIpc) is 2.08. The maximum atomic E-state index is 10.7. The van der Waals surface area contributed by atoms with Gasteiger partial charge >= 0.3 is 5.97 Å². The predicted octanol–water partition coefficient (Wildman–Crippen LogP) is 1.61. The van der Waals surface area contributed by atoms with Crippen molar-refractivity contribution >= 4 is 5.97 Å². The molecule has 1 unspecified atom stereocenters. The lowest BCUT2D eigenvalue weighted by molar-refractivity contribution is -0.142. The Kier molecular flexibility index (Phi) is 4.24. The van der Waals surface area contributed by atoms with Crippen LogP contribution in [0.25, 0.3) is 0 Å². The van der Waals surface area contributed by atoms with E-state index in [-0.39, 0.29) is 5.41 Å². The second-order valence-corrected chi connectivity index (χ2v) is 3.24. The summed E-state index contributed by atoms with van der Waals surface area (Å²) < 4.78 is 0. The Morgan fingerprint density at radius 3 is 1.75 bits per heavy atom. The van der Waals surface area contributed by atoms with Gasteiger partial charge in [-0.1, -0.05) is 20.8 Å². The largest absolute Gasteiger partial charge is 0.480 e. The molecule has 0 aromatic rings. The third kappa shape index (κ3) is 1.97. The van der Waals surface area contributed by atoms with Crippen molar-refractivity contribution in [2.75, 3.05) is 0 Å². The van der Waals surface area contributed by atoms with Crippen LogP contribution in [0.4, 0.5) is 0 Å². The molecule has 0 amide bonds. The van der Waals surface area contributed by atoms with Crippen molar-refractivity contribution in [3.63, 3.8) is 0 Å². The van der Waals surface area contributed by atoms with Gasteiger partial charge in [-0.25, -0.2) is 0 Å². The molecular formula is C9H19NO2. The summed E-state index contributed by atoms with van der Waals surface area (Å²) >= 11 is 0. The van der Waals surface area contributed by atoms with Gasteiger partial charge in [0.25, 0.3) is 0 Å². The van der Waals surface area contributed by atoms with Gasteiger partial charge < -0.3 is 10.8 Å². The van der Waals surface area contributed by atoms with E-state index in [0.717, 1.165) is 19.3 Å². The molecule has 0 aromatic heterocycles. The summed E-state index contributed by atoms with van der Waals surface area (Å²) in [6.45, 7) is 5.99. The van der Waals surface area contributed by atoms with Gasteiger partial charge in [0.05, 0.1) is 0 Å². The van der Waals surface area contributed by atoms with Gasteiger partial charge in [0.2, 0.25) is 0 Å². The van der Waals surface area contributed by atoms with E-state index in [2.05, 4.69) is 0 Å². The zero-order valence-corrected chi connectivity index (χ0v) is 8.13. The van der Waals surface area contributed by atoms with E-state index in [1.54, 1.807) is 0 Å². The summed E-state index contributed by atoms with van der Waals surface area (Å²) in [5.41, 5.74) is 5.41. The standard InChI is InChI=1S/C9H19NO2/c1-4-9(5-2,6-3)7(10)8(11)12/h7H,4-6,10H2,1-3H3,(H,11,12). The summed E-state index contributed by atoms with van der Waals surface area (Å²) in [6, 6.07) is -0.725. The summed E-state index contributed by atoms with van der Waals surface area (Å²) in [4.78, 5) is 10.7. The number of carboxylic acids is 1. The molecule has 72 valence electrons. The predicted molar refractivity (Wildman–Crippen MR) is 48.9 cm³/mol. The molecule has 0 aromatic carbocycles. The first-order valence-electron chi connectivity index (χ1n) is 4.52. The van der Waals surface area contributed by atoms with Gasteiger partial charge in [-0.3, -0.25) is 4.79 Å². The van der Waals surface area contributed by atoms with E-state index >= 15 is 0 Å². The fourth-order valence-electron chi connectivity index (χ4n) is 1.67. The van der Waals surface area contributed by atoms with Crippen LogP contribution in [-0.2, 0) is 4.79 Å². The van der Waals surface area contributed by atoms with E-state index in [0.29, 0.717) is 0 Å². The normalized spacial score (nSPS) is 14.3. The minimum atomic E-state index is -0.888. The monoisotopic (exact) mass is 173 g/mol. The van der Waals surface area contributed by atoms with Gasteiger partial charge in [0.1, 0.15) is 6.04 Å². The highest BCUT2D eigenvalue weighted by molar-refractivity contribution is 5.74. The van der Waals surface area contributed by atoms with Crippen molar-refractivity contribution in [1.82, 2.24) is 0 Å². The molecule has 1 atom stereocenters. The second kappa shape index (κ2) is 4.45. The molecule has 0 saturated heterocycles. The highest BCUT2D eigenvalue weighted by atomic mass is 16.4. The Morgan fingerprint density at radius 2 is 1.67 bits per heavy atom. The Hall–Kier alpha value is -0.570. The molecule has 0 radical (unpaired) electrons. The molecule has 0 aliphatic carbocycles. The number of hydrogen-bond donors (Lipinski definition) is 2. The number of aliphatic carboxylic acids is 1. The number of rotatable bonds is 5. The first-order valence-corrected chi connectivity index (χ1v) is 4.52. The van der Waals surface area contributed by atoms with Gasteiger partial charge in [-0.05, 0) is 24.7 Å². The maximum absolute atomic E-state index is 10.7. The van der Waals surface area contributed by atoms with E-state index in [4.69, 9.17) is 10.8 Å². The molecular weight excluding hydrogens is 154 g/mol. The lowest BCUT2D eigenvalue weighted by Gasteiger charge is -2.33. The van der Waals surface area contributed by atoms with Crippen molar-refractivity contribution in [3.05, 3.63) is 0 Å². The molecule has 0 rings (SSSR count). The molecule has 0 aliphatic rings. The Morgan fingerprint density at radius 1 is 1.33 bits per heavy atom. The lowest BCUT2D eigenvalue weighted by atomic mass is 9.74. The van der Waals surface area contributed by atoms with E-state index in [1.165, 1.54) is 0 Å². The summed E-state index contributed by atoms with van der Waals surface area (Å²) in [5.74, 6) is -0.888. The van der Waals surface area contributed by atoms with E-state index in [9.17, 15) is 4.79 Å². The molecule has 12 heavy (non-hydrogen) atoms. The number of carbonyl (C=O) groups is 1. The van der Waals surface area contributed by atoms with Crippen molar-refractivity contribution in [1.29, 1.82) is 0 Å². The van der Waals surface area contributed by atoms with Gasteiger partial charge in [0, 0.05) is 0 Å². The molecule has 0 saturated carbocycles. The van der Waals surface area contributed by atoms with Gasteiger partial charge in [0.15, 0.2) is 0 Å². The maximum Gasteiger partial charge on any atom is 0.321 e. The number of hydrogen-bond acceptors (Lipinski definition) is 2. The average molecular weight is 173 g/mol. The third-order valence-electron chi connectivity index (χ3n) is 3.04. The van der Waals surface area contributed by atoms with Crippen molar-refractivity contribution in [3.8, 4) is 0 Å². The fourth-order valence-corrected chi connectivity index (χ4v) is 1.67. The Balaban J connectivity index is 4.58. The molecule has 3 N–H and O–H groups in total. The molecule has 0 aliphatic heterocycles. The lowest BCUT2D eigenvalue weighted by Crippen LogP contribution is -2.46. The van der Waals surface area contributed by atoms with Crippen LogP contribution in [0.3, 0.4) is 0 Å². The molecule has 0 bridgehead atoms. The fraction of sp³-hybridized carbons (Fsp3) is 0.889. The third-order valence-corrected chi connectivity index (χ3v) is 3.04. The van der Waals surface area contributed by atoms with Crippen LogP contribution in [0.2, 0.25) is 0 Å². The van der Waals surface area contributed by atoms with Crippen LogP contribution in [0.15, 0.2) is 0 Å². The Bertz CT molecular complexity index is 144. The molecule has 3 heteroatoms. The quantitative estimate of drug-likeness (QED) is 0.664. The summed E-state index contributed by atoms with van der Waals surface area (Å²) in [6.07, 6.45) is 2.48. The first kappa shape index (κ1) is 11.4. The van der Waals surface area contributed by atoms with Crippen LogP contribution < -0.4 is 5.73 Å². The first-order chi connectivity index (χ1) is 5.54. The second-order valence-electron chi connectivity index (χ2n) is 3.24. The molecule has 0 heterocycles. The zero-order valence-electron chi connectivity index (χ0n) is 8.13. The summed E-state index contributed by atoms with van der Waals surface area (Å²) in [5, 5.41) is 8.79. The van der Waals surface area contributed by atoms with E-state index < -0.39 is 12.0 Å². The molecule has 3 nitrogen and oxygen atoms in total. The topological polar surface area (TPSA) is 63.3 Å².